The minimum atomic E-state index is -1.26. The molecule has 0 rings (SSSR count). The Bertz CT molecular complexity index is 497. The molecule has 0 spiro atoms. The van der Waals surface area contributed by atoms with Gasteiger partial charge in [0, 0.05) is 20.8 Å². The van der Waals surface area contributed by atoms with Crippen LogP contribution in [0.2, 0.25) is 0 Å². The summed E-state index contributed by atoms with van der Waals surface area (Å²) in [5.74, 6) is -7.11. The number of nitrogens with zero attached hydrogens (tertiary/aromatic N) is 1. The summed E-state index contributed by atoms with van der Waals surface area (Å²) in [6, 6.07) is 0. The zero-order chi connectivity index (χ0) is 26.2. The van der Waals surface area contributed by atoms with Gasteiger partial charge in [-0.2, -0.15) is 0 Å². The van der Waals surface area contributed by atoms with Crippen LogP contribution in [0.15, 0.2) is 0 Å². The van der Waals surface area contributed by atoms with Gasteiger partial charge in [-0.3, -0.25) is 38.5 Å². The van der Waals surface area contributed by atoms with Crippen LogP contribution in [0.25, 0.3) is 0 Å². The molecule has 0 heterocycles. The van der Waals surface area contributed by atoms with Crippen molar-refractivity contribution < 1.29 is 69.3 Å². The van der Waals surface area contributed by atoms with Gasteiger partial charge < -0.3 is 41.1 Å². The Labute approximate surface area is 176 Å². The van der Waals surface area contributed by atoms with E-state index < -0.39 is 61.4 Å². The maximum atomic E-state index is 10.1. The Morgan fingerprint density at radius 1 is 0.548 bits per heavy atom. The zero-order valence-electron chi connectivity index (χ0n) is 17.3. The summed E-state index contributed by atoms with van der Waals surface area (Å²) in [7, 11) is 1.59. The van der Waals surface area contributed by atoms with Gasteiger partial charge in [-0.05, 0) is 7.05 Å². The van der Waals surface area contributed by atoms with Crippen LogP contribution in [0, 0.1) is 0 Å². The van der Waals surface area contributed by atoms with Crippen molar-refractivity contribution in [1.82, 2.24) is 10.2 Å². The molecule has 0 aliphatic heterocycles. The molecule has 0 saturated heterocycles. The number of likely N-dealkylation sites (N-methyl/N-ethyl adjacent to an activating group) is 1. The monoisotopic (exact) mass is 460 g/mol. The third kappa shape index (κ3) is 122. The van der Waals surface area contributed by atoms with E-state index in [-0.39, 0.29) is 6.54 Å². The highest BCUT2D eigenvalue weighted by atomic mass is 16.4. The summed E-state index contributed by atoms with van der Waals surface area (Å²) >= 11 is 0. The van der Waals surface area contributed by atoms with Crippen molar-refractivity contribution in [3.8, 4) is 0 Å². The zero-order valence-corrected chi connectivity index (χ0v) is 17.3. The van der Waals surface area contributed by atoms with E-state index in [1.54, 1.807) is 7.05 Å². The molecule has 16 nitrogen and oxygen atoms in total. The highest BCUT2D eigenvalue weighted by molar-refractivity contribution is 5.75. The van der Waals surface area contributed by atoms with E-state index in [2.05, 4.69) is 5.32 Å². The van der Waals surface area contributed by atoms with Gasteiger partial charge in [0.1, 0.15) is 0 Å². The number of carboxylic acid groups (broad SMARTS) is 7. The molecule has 0 aromatic rings. The van der Waals surface area contributed by atoms with Crippen LogP contribution in [-0.2, 0) is 33.6 Å². The van der Waals surface area contributed by atoms with Gasteiger partial charge in [-0.1, -0.05) is 0 Å². The van der Waals surface area contributed by atoms with Crippen molar-refractivity contribution in [3.05, 3.63) is 0 Å². The molecule has 8 N–H and O–H groups in total. The van der Waals surface area contributed by atoms with Crippen LogP contribution in [-0.4, -0.2) is 116 Å². The molecule has 0 radical (unpaired) electrons. The van der Waals surface area contributed by atoms with Crippen LogP contribution >= 0.6 is 0 Å². The lowest BCUT2D eigenvalue weighted by atomic mass is 10.4. The lowest BCUT2D eigenvalue weighted by Crippen LogP contribution is -2.38. The molecule has 0 aromatic carbocycles. The smallest absolute Gasteiger partial charge is 0.317 e. The highest BCUT2D eigenvalue weighted by Crippen LogP contribution is 1.87. The maximum absolute atomic E-state index is 10.1. The van der Waals surface area contributed by atoms with E-state index in [1.807, 2.05) is 0 Å². The molecule has 0 aromatic heterocycles. The molecular weight excluding hydrogens is 432 g/mol. The second-order valence-corrected chi connectivity index (χ2v) is 4.81. The first kappa shape index (κ1) is 37.9. The molecule has 0 bridgehead atoms. The largest absolute Gasteiger partial charge is 0.481 e. The van der Waals surface area contributed by atoms with E-state index in [0.29, 0.717) is 0 Å². The summed E-state index contributed by atoms with van der Waals surface area (Å²) in [5, 5.41) is 57.4. The second-order valence-electron chi connectivity index (χ2n) is 4.81. The lowest BCUT2D eigenvalue weighted by molar-refractivity contribution is -0.145. The third-order valence-corrected chi connectivity index (χ3v) is 1.40. The van der Waals surface area contributed by atoms with Crippen LogP contribution < -0.4 is 5.32 Å². The average molecular weight is 460 g/mol. The number of carbonyl (C=O) groups is 7. The molecule has 31 heavy (non-hydrogen) atoms. The molecule has 0 aliphatic carbocycles. The summed E-state index contributed by atoms with van der Waals surface area (Å²) in [5.41, 5.74) is 0. The Morgan fingerprint density at radius 3 is 0.806 bits per heavy atom. The number of hydrogen-bond donors (Lipinski definition) is 8. The summed E-state index contributed by atoms with van der Waals surface area (Å²) in [4.78, 5) is 67.8. The molecule has 0 fully saturated rings. The van der Waals surface area contributed by atoms with Gasteiger partial charge in [0.25, 0.3) is 17.9 Å². The minimum absolute atomic E-state index is 0.0417. The number of rotatable bonds is 8. The van der Waals surface area contributed by atoms with E-state index in [4.69, 9.17) is 50.1 Å². The fourth-order valence-electron chi connectivity index (χ4n) is 0.893. The maximum Gasteiger partial charge on any atom is 0.317 e. The quantitative estimate of drug-likeness (QED) is 0.196. The molecule has 0 unspecified atom stereocenters. The first-order chi connectivity index (χ1) is 13.9. The number of carboxylic acids is 7. The first-order valence-corrected chi connectivity index (χ1v) is 7.71. The van der Waals surface area contributed by atoms with Crippen molar-refractivity contribution in [2.24, 2.45) is 0 Å². The van der Waals surface area contributed by atoms with Gasteiger partial charge >= 0.3 is 23.9 Å². The van der Waals surface area contributed by atoms with Crippen molar-refractivity contribution in [2.75, 3.05) is 33.2 Å². The van der Waals surface area contributed by atoms with E-state index in [9.17, 15) is 19.2 Å². The number of aliphatic carboxylic acids is 7. The van der Waals surface area contributed by atoms with Crippen LogP contribution in [0.3, 0.4) is 0 Å². The molecule has 0 aliphatic rings. The van der Waals surface area contributed by atoms with Gasteiger partial charge in [0.2, 0.25) is 0 Å². The Kier molecular flexibility index (Phi) is 32.0. The molecule has 16 heteroatoms. The lowest BCUT2D eigenvalue weighted by Gasteiger charge is -2.14. The molecular formula is C15H28N2O14. The SMILES string of the molecule is CC(=O)O.CC(=O)O.CC(=O)O.CNCC(=O)O.O=C(O)CN(CC(=O)O)CC(=O)O. The van der Waals surface area contributed by atoms with Crippen LogP contribution in [0.4, 0.5) is 0 Å². The van der Waals surface area contributed by atoms with E-state index >= 15 is 0 Å². The molecule has 0 saturated carbocycles. The van der Waals surface area contributed by atoms with Gasteiger partial charge in [-0.25, -0.2) is 0 Å². The Morgan fingerprint density at radius 2 is 0.742 bits per heavy atom. The van der Waals surface area contributed by atoms with Gasteiger partial charge in [0.05, 0.1) is 26.2 Å². The molecule has 182 valence electrons. The minimum Gasteiger partial charge on any atom is -0.481 e. The summed E-state index contributed by atoms with van der Waals surface area (Å²) < 4.78 is 0. The average Bonchev–Trinajstić information content (AvgIpc) is 2.43. The highest BCUT2D eigenvalue weighted by Gasteiger charge is 2.15. The van der Waals surface area contributed by atoms with E-state index in [0.717, 1.165) is 25.7 Å². The van der Waals surface area contributed by atoms with Crippen molar-refractivity contribution in [3.63, 3.8) is 0 Å². The van der Waals surface area contributed by atoms with Crippen LogP contribution in [0.1, 0.15) is 20.8 Å². The fourth-order valence-corrected chi connectivity index (χ4v) is 0.893. The first-order valence-electron chi connectivity index (χ1n) is 7.71. The Balaban J connectivity index is -0.000000104. The summed E-state index contributed by atoms with van der Waals surface area (Å²) in [6.45, 7) is 1.50. The van der Waals surface area contributed by atoms with Crippen molar-refractivity contribution in [1.29, 1.82) is 0 Å². The van der Waals surface area contributed by atoms with Crippen LogP contribution in [0.5, 0.6) is 0 Å². The normalized spacial score (nSPS) is 8.16. The molecule has 0 atom stereocenters. The fraction of sp³-hybridized carbons (Fsp3) is 0.533. The number of nitrogens with one attached hydrogen (secondary N) is 1. The molecule has 0 amide bonds. The second kappa shape index (κ2) is 26.2. The number of hydrogen-bond acceptors (Lipinski definition) is 9. The van der Waals surface area contributed by atoms with Gasteiger partial charge in [-0.15, -0.1) is 0 Å². The predicted molar refractivity (Wildman–Crippen MR) is 101 cm³/mol. The van der Waals surface area contributed by atoms with Crippen molar-refractivity contribution >= 4 is 41.8 Å². The van der Waals surface area contributed by atoms with Gasteiger partial charge in [0.15, 0.2) is 0 Å². The Hall–Kier alpha value is -3.79. The summed E-state index contributed by atoms with van der Waals surface area (Å²) in [6.07, 6.45) is 0. The van der Waals surface area contributed by atoms with Crippen molar-refractivity contribution in [2.45, 2.75) is 20.8 Å². The topological polar surface area (TPSA) is 276 Å². The third-order valence-electron chi connectivity index (χ3n) is 1.40. The van der Waals surface area contributed by atoms with E-state index in [1.165, 1.54) is 0 Å². The predicted octanol–water partition coefficient (Wildman–Crippen LogP) is -1.89. The standard InChI is InChI=1S/C6H9NO6.C3H7NO2.3C2H4O2/c8-4(9)1-7(2-5(10)11)3-6(12)13;1-4-2-3(5)6;3*1-2(3)4/h1-3H2,(H,8,9)(H,10,11)(H,12,13);4H,2H2,1H3,(H,5,6);3*1H3,(H,3,4).